The number of rotatable bonds is 20. The first-order valence-electron chi connectivity index (χ1n) is 14.8. The van der Waals surface area contributed by atoms with Crippen LogP contribution in [0.1, 0.15) is 38.5 Å². The van der Waals surface area contributed by atoms with Gasteiger partial charge < -0.3 is 15.9 Å². The van der Waals surface area contributed by atoms with Crippen LogP contribution in [0.15, 0.2) is 24.3 Å². The summed E-state index contributed by atoms with van der Waals surface area (Å²) in [6.45, 7) is -0.685. The Labute approximate surface area is 283 Å². The number of carbonyl (C=O) groups excluding carboxylic acids is 5. The van der Waals surface area contributed by atoms with E-state index in [4.69, 9.17) is 15.9 Å². The van der Waals surface area contributed by atoms with Gasteiger partial charge in [-0.1, -0.05) is 0 Å². The second-order valence-corrected chi connectivity index (χ2v) is 17.0. The molecule has 9 N–H and O–H groups in total. The van der Waals surface area contributed by atoms with E-state index in [1.165, 1.54) is 12.1 Å². The van der Waals surface area contributed by atoms with Gasteiger partial charge in [0.15, 0.2) is 0 Å². The van der Waals surface area contributed by atoms with E-state index in [-0.39, 0.29) is 53.5 Å². The number of fused-ring (bicyclic) bond motifs is 1. The summed E-state index contributed by atoms with van der Waals surface area (Å²) >= 11 is -0.623. The van der Waals surface area contributed by atoms with Crippen molar-refractivity contribution in [2.24, 2.45) is 5.73 Å². The molecule has 0 radical (unpaired) electrons. The molecule has 1 aromatic carbocycles. The quantitative estimate of drug-likeness (QED) is 0.0425. The van der Waals surface area contributed by atoms with Crippen molar-refractivity contribution >= 4 is 88.4 Å². The van der Waals surface area contributed by atoms with Crippen molar-refractivity contribution in [2.45, 2.75) is 67.9 Å². The van der Waals surface area contributed by atoms with Crippen LogP contribution in [0.4, 0.5) is 10.5 Å². The van der Waals surface area contributed by atoms with E-state index < -0.39 is 62.9 Å². The third-order valence-corrected chi connectivity index (χ3v) is 13.3. The number of carboxylic acids is 2. The number of hydrogen-bond donors (Lipinski definition) is 8. The summed E-state index contributed by atoms with van der Waals surface area (Å²) in [5.41, 5.74) is 5.79. The molecule has 258 valence electrons. The van der Waals surface area contributed by atoms with E-state index in [9.17, 15) is 37.3 Å². The molecule has 2 fully saturated rings. The summed E-state index contributed by atoms with van der Waals surface area (Å²) in [4.78, 5) is 82.9. The maximum atomic E-state index is 12.9. The molecule has 2 heterocycles. The smallest absolute Gasteiger partial charge is 0.480 e. The second-order valence-electron chi connectivity index (χ2n) is 11.0. The van der Waals surface area contributed by atoms with Crippen LogP contribution < -0.4 is 36.7 Å². The van der Waals surface area contributed by atoms with Crippen molar-refractivity contribution in [1.82, 2.24) is 21.3 Å². The molecule has 2 aliphatic heterocycles. The SMILES string of the molecule is N[C@@H](CCC(=O)N[C@@H](CSCC(=O)Nc1ccc([AsH](=O)C(=O)CCCC[C@@H]2SC[C@@H]3NC(=O)N[C@@H]32)cc1)C(=O)NCC(=O)O)C(=O)O. The predicted octanol–water partition coefficient (Wildman–Crippen LogP) is -1.57. The number of nitrogens with one attached hydrogen (secondary N) is 5. The Kier molecular flexibility index (Phi) is 15.2. The van der Waals surface area contributed by atoms with Gasteiger partial charge >= 0.3 is 228 Å². The summed E-state index contributed by atoms with van der Waals surface area (Å²) in [7, 11) is 0. The Morgan fingerprint density at radius 2 is 1.77 bits per heavy atom. The zero-order chi connectivity index (χ0) is 34.5. The third-order valence-electron chi connectivity index (χ3n) is 7.35. The van der Waals surface area contributed by atoms with Gasteiger partial charge in [-0.3, -0.25) is 14.4 Å². The molecular weight excluding hydrogens is 719 g/mol. The zero-order valence-corrected chi connectivity index (χ0v) is 29.1. The van der Waals surface area contributed by atoms with Gasteiger partial charge in [-0.2, -0.15) is 0 Å². The first-order valence-corrected chi connectivity index (χ1v) is 20.0. The molecule has 19 heteroatoms. The van der Waals surface area contributed by atoms with E-state index in [0.29, 0.717) is 21.7 Å². The van der Waals surface area contributed by atoms with Gasteiger partial charge in [-0.05, 0) is 6.42 Å². The van der Waals surface area contributed by atoms with Crippen molar-refractivity contribution in [1.29, 1.82) is 0 Å². The molecule has 0 spiro atoms. The predicted molar refractivity (Wildman–Crippen MR) is 176 cm³/mol. The van der Waals surface area contributed by atoms with E-state index in [2.05, 4.69) is 26.6 Å². The summed E-state index contributed by atoms with van der Waals surface area (Å²) < 4.78 is 13.0. The number of benzene rings is 1. The van der Waals surface area contributed by atoms with E-state index in [0.717, 1.165) is 30.4 Å². The number of aliphatic carboxylic acids is 2. The molecule has 2 saturated heterocycles. The number of amides is 5. The molecule has 1 aromatic rings. The Morgan fingerprint density at radius 3 is 2.45 bits per heavy atom. The van der Waals surface area contributed by atoms with E-state index in [1.807, 2.05) is 0 Å². The zero-order valence-electron chi connectivity index (χ0n) is 25.3. The van der Waals surface area contributed by atoms with Crippen LogP contribution >= 0.6 is 23.5 Å². The average molecular weight is 759 g/mol. The summed E-state index contributed by atoms with van der Waals surface area (Å²) in [5.74, 6) is -3.83. The topological polar surface area (TPSA) is 263 Å². The molecular formula is C28H39AsN6O10S2. The fourth-order valence-corrected chi connectivity index (χ4v) is 9.76. The van der Waals surface area contributed by atoms with Gasteiger partial charge in [0.1, 0.15) is 12.6 Å². The number of unbranched alkanes of at least 4 members (excludes halogenated alkanes) is 1. The number of urea groups is 1. The fourth-order valence-electron chi connectivity index (χ4n) is 4.87. The van der Waals surface area contributed by atoms with Crippen molar-refractivity contribution in [2.75, 3.05) is 29.1 Å². The maximum absolute atomic E-state index is 12.9. The number of nitrogens with two attached hydrogens (primary N) is 1. The minimum atomic E-state index is -3.42. The number of anilines is 1. The number of carbonyl (C=O) groups is 7. The van der Waals surface area contributed by atoms with Crippen LogP contribution in [-0.4, -0.2) is 118 Å². The molecule has 47 heavy (non-hydrogen) atoms. The second kappa shape index (κ2) is 18.8. The van der Waals surface area contributed by atoms with Crippen LogP contribution in [0, 0.1) is 0 Å². The van der Waals surface area contributed by atoms with E-state index in [1.54, 1.807) is 23.9 Å². The molecule has 0 aliphatic carbocycles. The van der Waals surface area contributed by atoms with Gasteiger partial charge in [0.2, 0.25) is 0 Å². The van der Waals surface area contributed by atoms with Gasteiger partial charge in [-0.15, -0.1) is 0 Å². The van der Waals surface area contributed by atoms with Crippen LogP contribution in [0.5, 0.6) is 0 Å². The van der Waals surface area contributed by atoms with E-state index >= 15 is 0 Å². The summed E-state index contributed by atoms with van der Waals surface area (Å²) in [6, 6.07) is 3.82. The molecule has 0 saturated carbocycles. The van der Waals surface area contributed by atoms with Gasteiger partial charge in [0, 0.05) is 6.42 Å². The van der Waals surface area contributed by atoms with Gasteiger partial charge in [0.05, 0.1) is 0 Å². The van der Waals surface area contributed by atoms with Crippen molar-refractivity contribution < 1.29 is 47.5 Å². The first kappa shape index (κ1) is 38.0. The molecule has 2 aliphatic rings. The van der Waals surface area contributed by atoms with Crippen LogP contribution in [0.3, 0.4) is 0 Å². The average Bonchev–Trinajstić information content (AvgIpc) is 3.58. The van der Waals surface area contributed by atoms with Crippen molar-refractivity contribution in [3.05, 3.63) is 24.3 Å². The minimum absolute atomic E-state index is 0.0877. The molecule has 16 nitrogen and oxygen atoms in total. The van der Waals surface area contributed by atoms with Crippen molar-refractivity contribution in [3.63, 3.8) is 0 Å². The summed E-state index contributed by atoms with van der Waals surface area (Å²) in [5, 5.41) is 31.0. The van der Waals surface area contributed by atoms with Crippen molar-refractivity contribution in [3.8, 4) is 0 Å². The molecule has 6 atom stereocenters. The van der Waals surface area contributed by atoms with Gasteiger partial charge in [0.25, 0.3) is 0 Å². The molecule has 0 aromatic heterocycles. The monoisotopic (exact) mass is 758 g/mol. The Bertz CT molecular complexity index is 1370. The minimum Gasteiger partial charge on any atom is -0.480 e. The normalized spacial score (nSPS) is 20.1. The first-order chi connectivity index (χ1) is 22.3. The molecule has 0 bridgehead atoms. The van der Waals surface area contributed by atoms with Crippen LogP contribution in [0.2, 0.25) is 0 Å². The Hall–Kier alpha value is -3.47. The Balaban J connectivity index is 1.39. The fraction of sp³-hybridized carbons (Fsp3) is 0.536. The summed E-state index contributed by atoms with van der Waals surface area (Å²) in [6.07, 6.45) is 2.03. The molecule has 1 unspecified atom stereocenters. The van der Waals surface area contributed by atoms with Crippen LogP contribution in [-0.2, 0) is 32.5 Å². The number of carboxylic acid groups (broad SMARTS) is 2. The Morgan fingerprint density at radius 1 is 1.04 bits per heavy atom. The third kappa shape index (κ3) is 12.6. The molecule has 3 rings (SSSR count). The molecule has 5 amide bonds. The number of hydrogen-bond acceptors (Lipinski definition) is 11. The van der Waals surface area contributed by atoms with Gasteiger partial charge in [-0.25, -0.2) is 0 Å². The standard InChI is InChI=1S/C28H39AsN6O10S2/c30-17(27(42)43)9-10-22(37)33-19(26(41)31-11-24(39)40)12-46-14-23(38)32-16-7-5-15(6-8-16)29(45)21(36)4-2-1-3-20-25-18(13-47-20)34-28(44)35-25/h5-8,17-20,25,29H,1-4,9-14,30H2,(H,31,41)(H,32,38)(H,33,37)(H,39,40)(H,42,43)(H2,34,35,44)/t17-,18-,19-,20-,25-/m0/s1. The number of thioether (sulfide) groups is 2. The van der Waals surface area contributed by atoms with Crippen LogP contribution in [0.25, 0.3) is 0 Å².